The number of anilines is 1. The smallest absolute Gasteiger partial charge is 0.248 e. The zero-order valence-corrected chi connectivity index (χ0v) is 16.1. The van der Waals surface area contributed by atoms with Crippen molar-refractivity contribution in [3.63, 3.8) is 0 Å². The summed E-state index contributed by atoms with van der Waals surface area (Å²) in [6, 6.07) is 11.9. The third-order valence-corrected chi connectivity index (χ3v) is 6.09. The number of ether oxygens (including phenoxy) is 1. The largest absolute Gasteiger partial charge is 0.375 e. The first kappa shape index (κ1) is 18.6. The maximum absolute atomic E-state index is 13.0. The molecule has 2 amide bonds. The van der Waals surface area contributed by atoms with Gasteiger partial charge in [0.05, 0.1) is 17.8 Å². The minimum atomic E-state index is -0.183. The van der Waals surface area contributed by atoms with Gasteiger partial charge in [-0.1, -0.05) is 24.3 Å². The van der Waals surface area contributed by atoms with E-state index < -0.39 is 0 Å². The van der Waals surface area contributed by atoms with Gasteiger partial charge < -0.3 is 15.0 Å². The molecule has 4 rings (SSSR count). The fraction of sp³-hybridized carbons (Fsp3) is 0.409. The van der Waals surface area contributed by atoms with Crippen molar-refractivity contribution in [2.75, 3.05) is 32.1 Å². The van der Waals surface area contributed by atoms with Crippen LogP contribution in [0.3, 0.4) is 0 Å². The van der Waals surface area contributed by atoms with Crippen LogP contribution in [0.2, 0.25) is 0 Å². The van der Waals surface area contributed by atoms with Crippen LogP contribution in [0, 0.1) is 0 Å². The number of methoxy groups -OCH3 is 1. The van der Waals surface area contributed by atoms with Crippen molar-refractivity contribution >= 4 is 17.5 Å². The van der Waals surface area contributed by atoms with Crippen LogP contribution in [0.1, 0.15) is 36.3 Å². The number of amides is 2. The molecule has 1 aromatic heterocycles. The van der Waals surface area contributed by atoms with Crippen LogP contribution < -0.4 is 5.32 Å². The number of piperidine rings is 1. The molecule has 1 spiro atoms. The minimum Gasteiger partial charge on any atom is -0.375 e. The van der Waals surface area contributed by atoms with Gasteiger partial charge in [0.2, 0.25) is 11.8 Å². The van der Waals surface area contributed by atoms with E-state index in [0.29, 0.717) is 18.8 Å². The Balaban J connectivity index is 1.54. The van der Waals surface area contributed by atoms with E-state index in [1.165, 1.54) is 5.56 Å². The first-order valence-corrected chi connectivity index (χ1v) is 9.70. The molecule has 2 aliphatic rings. The van der Waals surface area contributed by atoms with Gasteiger partial charge in [-0.05, 0) is 42.5 Å². The van der Waals surface area contributed by atoms with Crippen molar-refractivity contribution in [3.8, 4) is 0 Å². The average Bonchev–Trinajstić information content (AvgIpc) is 3.04. The quantitative estimate of drug-likeness (QED) is 0.887. The van der Waals surface area contributed by atoms with E-state index in [9.17, 15) is 9.59 Å². The van der Waals surface area contributed by atoms with E-state index in [1.807, 2.05) is 29.2 Å². The van der Waals surface area contributed by atoms with Gasteiger partial charge in [-0.15, -0.1) is 0 Å². The van der Waals surface area contributed by atoms with Gasteiger partial charge in [0.1, 0.15) is 6.61 Å². The highest BCUT2D eigenvalue weighted by molar-refractivity contribution is 5.96. The Morgan fingerprint density at radius 3 is 2.71 bits per heavy atom. The van der Waals surface area contributed by atoms with Crippen LogP contribution in [0.25, 0.3) is 0 Å². The number of aromatic nitrogens is 1. The second-order valence-corrected chi connectivity index (χ2v) is 7.67. The number of benzene rings is 1. The van der Waals surface area contributed by atoms with Gasteiger partial charge in [-0.2, -0.15) is 0 Å². The van der Waals surface area contributed by atoms with Crippen molar-refractivity contribution in [2.24, 2.45) is 0 Å². The Morgan fingerprint density at radius 1 is 1.21 bits per heavy atom. The molecule has 146 valence electrons. The van der Waals surface area contributed by atoms with Gasteiger partial charge in [0.15, 0.2) is 0 Å². The molecule has 1 aromatic carbocycles. The fourth-order valence-electron chi connectivity index (χ4n) is 4.67. The average molecular weight is 379 g/mol. The van der Waals surface area contributed by atoms with E-state index in [-0.39, 0.29) is 29.8 Å². The summed E-state index contributed by atoms with van der Waals surface area (Å²) >= 11 is 0. The number of fused-ring (bicyclic) bond motifs is 2. The summed E-state index contributed by atoms with van der Waals surface area (Å²) in [6.45, 7) is 1.53. The molecular formula is C22H25N3O3. The molecule has 2 aromatic rings. The number of rotatable bonds is 4. The van der Waals surface area contributed by atoms with Crippen LogP contribution in [-0.4, -0.2) is 48.5 Å². The van der Waals surface area contributed by atoms with Gasteiger partial charge in [-0.25, -0.2) is 0 Å². The molecule has 1 N–H and O–H groups in total. The normalized spacial score (nSPS) is 20.0. The molecule has 1 atom stereocenters. The fourth-order valence-corrected chi connectivity index (χ4v) is 4.67. The van der Waals surface area contributed by atoms with E-state index in [0.717, 1.165) is 24.8 Å². The van der Waals surface area contributed by atoms with Crippen molar-refractivity contribution in [1.82, 2.24) is 9.88 Å². The second-order valence-electron chi connectivity index (χ2n) is 7.67. The second kappa shape index (κ2) is 7.72. The summed E-state index contributed by atoms with van der Waals surface area (Å²) in [5, 5.41) is 3.01. The monoisotopic (exact) mass is 379 g/mol. The van der Waals surface area contributed by atoms with Crippen LogP contribution >= 0.6 is 0 Å². The molecule has 0 saturated carbocycles. The Bertz CT molecular complexity index is 860. The van der Waals surface area contributed by atoms with Gasteiger partial charge in [0, 0.05) is 31.8 Å². The standard InChI is InChI=1S/C22H25N3O3/c1-28-15-20(26)25-11-8-22(9-12-25)13-18(17-6-2-3-7-19(17)22)21(27)24-16-5-4-10-23-14-16/h2-7,10,14,18H,8-9,11-13,15H2,1H3,(H,24,27). The number of carbonyl (C=O) groups excluding carboxylic acids is 2. The van der Waals surface area contributed by atoms with Crippen molar-refractivity contribution < 1.29 is 14.3 Å². The number of carbonyl (C=O) groups is 2. The molecule has 0 bridgehead atoms. The molecule has 1 aliphatic heterocycles. The van der Waals surface area contributed by atoms with Crippen molar-refractivity contribution in [3.05, 3.63) is 59.9 Å². The third kappa shape index (κ3) is 3.40. The maximum Gasteiger partial charge on any atom is 0.248 e. The molecule has 1 saturated heterocycles. The predicted octanol–water partition coefficient (Wildman–Crippen LogP) is 2.71. The van der Waals surface area contributed by atoms with Crippen molar-refractivity contribution in [2.45, 2.75) is 30.6 Å². The Labute approximate surface area is 164 Å². The molecule has 28 heavy (non-hydrogen) atoms. The van der Waals surface area contributed by atoms with Crippen LogP contribution in [0.4, 0.5) is 5.69 Å². The Hall–Kier alpha value is -2.73. The topological polar surface area (TPSA) is 71.5 Å². The van der Waals surface area contributed by atoms with Gasteiger partial charge >= 0.3 is 0 Å². The lowest BCUT2D eigenvalue weighted by atomic mass is 9.73. The Morgan fingerprint density at radius 2 is 2.00 bits per heavy atom. The summed E-state index contributed by atoms with van der Waals surface area (Å²) in [5.74, 6) is -0.137. The molecule has 1 aliphatic carbocycles. The lowest BCUT2D eigenvalue weighted by Crippen LogP contribution is -2.45. The van der Waals surface area contributed by atoms with E-state index in [4.69, 9.17) is 4.74 Å². The lowest BCUT2D eigenvalue weighted by molar-refractivity contribution is -0.136. The zero-order valence-electron chi connectivity index (χ0n) is 16.1. The highest BCUT2D eigenvalue weighted by Gasteiger charge is 2.47. The summed E-state index contributed by atoms with van der Waals surface area (Å²) < 4.78 is 4.99. The molecule has 1 fully saturated rings. The molecule has 2 heterocycles. The number of nitrogens with zero attached hydrogens (tertiary/aromatic N) is 2. The van der Waals surface area contributed by atoms with Gasteiger partial charge in [0.25, 0.3) is 0 Å². The predicted molar refractivity (Wildman–Crippen MR) is 106 cm³/mol. The zero-order chi connectivity index (χ0) is 19.6. The number of hydrogen-bond acceptors (Lipinski definition) is 4. The summed E-state index contributed by atoms with van der Waals surface area (Å²) in [5.41, 5.74) is 3.05. The van der Waals surface area contributed by atoms with E-state index in [1.54, 1.807) is 19.5 Å². The maximum atomic E-state index is 13.0. The summed E-state index contributed by atoms with van der Waals surface area (Å²) in [4.78, 5) is 31.1. The van der Waals surface area contributed by atoms with Gasteiger partial charge in [-0.3, -0.25) is 14.6 Å². The summed E-state index contributed by atoms with van der Waals surface area (Å²) in [6.07, 6.45) is 5.87. The van der Waals surface area contributed by atoms with Crippen LogP contribution in [0.15, 0.2) is 48.8 Å². The molecule has 6 nitrogen and oxygen atoms in total. The molecule has 1 unspecified atom stereocenters. The highest BCUT2D eigenvalue weighted by Crippen LogP contribution is 2.51. The summed E-state index contributed by atoms with van der Waals surface area (Å²) in [7, 11) is 1.54. The SMILES string of the molecule is COCC(=O)N1CCC2(CC1)CC(C(=O)Nc1cccnc1)c1ccccc12. The number of hydrogen-bond donors (Lipinski definition) is 1. The lowest BCUT2D eigenvalue weighted by Gasteiger charge is -2.40. The third-order valence-electron chi connectivity index (χ3n) is 6.09. The number of likely N-dealkylation sites (tertiary alicyclic amines) is 1. The first-order valence-electron chi connectivity index (χ1n) is 9.70. The molecule has 0 radical (unpaired) electrons. The number of pyridine rings is 1. The van der Waals surface area contributed by atoms with Crippen LogP contribution in [-0.2, 0) is 19.7 Å². The highest BCUT2D eigenvalue weighted by atomic mass is 16.5. The van der Waals surface area contributed by atoms with E-state index >= 15 is 0 Å². The number of nitrogens with one attached hydrogen (secondary N) is 1. The van der Waals surface area contributed by atoms with Crippen LogP contribution in [0.5, 0.6) is 0 Å². The molecule has 6 heteroatoms. The first-order chi connectivity index (χ1) is 13.6. The van der Waals surface area contributed by atoms with E-state index in [2.05, 4.69) is 22.4 Å². The minimum absolute atomic E-state index is 0.00946. The Kier molecular flexibility index (Phi) is 5.13. The molecular weight excluding hydrogens is 354 g/mol. The van der Waals surface area contributed by atoms with Crippen molar-refractivity contribution in [1.29, 1.82) is 0 Å².